The van der Waals surface area contributed by atoms with Crippen molar-refractivity contribution in [1.82, 2.24) is 30.1 Å². The first-order chi connectivity index (χ1) is 15.9. The van der Waals surface area contributed by atoms with Crippen molar-refractivity contribution in [3.63, 3.8) is 0 Å². The Morgan fingerprint density at radius 3 is 2.70 bits per heavy atom. The van der Waals surface area contributed by atoms with Crippen LogP contribution in [0.15, 0.2) is 23.0 Å². The van der Waals surface area contributed by atoms with Gasteiger partial charge < -0.3 is 14.5 Å². The molecule has 1 fully saturated rings. The highest BCUT2D eigenvalue weighted by atomic mass is 16.6. The van der Waals surface area contributed by atoms with Gasteiger partial charge in [0.15, 0.2) is 17.3 Å². The molecule has 2 aromatic heterocycles. The molecule has 3 aromatic rings. The monoisotopic (exact) mass is 452 g/mol. The summed E-state index contributed by atoms with van der Waals surface area (Å²) < 4.78 is 13.4. The van der Waals surface area contributed by atoms with Gasteiger partial charge in [0.25, 0.3) is 5.56 Å². The summed E-state index contributed by atoms with van der Waals surface area (Å²) in [7, 11) is 0. The van der Waals surface area contributed by atoms with Gasteiger partial charge in [-0.3, -0.25) is 9.69 Å². The second kappa shape index (κ2) is 8.44. The molecule has 0 spiro atoms. The lowest BCUT2D eigenvalue weighted by molar-refractivity contribution is 0.135. The number of nitrogens with zero attached hydrogens (tertiary/aromatic N) is 5. The Hall–Kier alpha value is -2.94. The zero-order valence-electron chi connectivity index (χ0n) is 19.8. The second-order valence-electron chi connectivity index (χ2n) is 9.90. The van der Waals surface area contributed by atoms with Crippen LogP contribution in [0.1, 0.15) is 64.4 Å². The molecule has 33 heavy (non-hydrogen) atoms. The van der Waals surface area contributed by atoms with Crippen LogP contribution >= 0.6 is 0 Å². The van der Waals surface area contributed by atoms with E-state index in [0.717, 1.165) is 36.8 Å². The summed E-state index contributed by atoms with van der Waals surface area (Å²) in [6.45, 7) is 11.4. The summed E-state index contributed by atoms with van der Waals surface area (Å²) in [5, 5.41) is 13.7. The molecule has 4 heterocycles. The summed E-state index contributed by atoms with van der Waals surface area (Å²) in [5.74, 6) is 2.61. The second-order valence-corrected chi connectivity index (χ2v) is 9.90. The van der Waals surface area contributed by atoms with E-state index < -0.39 is 0 Å². The molecule has 1 aromatic carbocycles. The molecule has 0 unspecified atom stereocenters. The first-order valence-electron chi connectivity index (χ1n) is 11.9. The van der Waals surface area contributed by atoms with E-state index in [0.29, 0.717) is 42.0 Å². The van der Waals surface area contributed by atoms with Gasteiger partial charge in [0, 0.05) is 23.6 Å². The smallest absolute Gasteiger partial charge is 0.253 e. The largest absolute Gasteiger partial charge is 0.486 e. The van der Waals surface area contributed by atoms with Crippen molar-refractivity contribution in [2.24, 2.45) is 5.92 Å². The van der Waals surface area contributed by atoms with Gasteiger partial charge in [0.2, 0.25) is 0 Å². The average Bonchev–Trinajstić information content (AvgIpc) is 3.29. The number of likely N-dealkylation sites (tertiary alicyclic amines) is 1. The number of aromatic amines is 1. The maximum absolute atomic E-state index is 13.5. The van der Waals surface area contributed by atoms with E-state index in [9.17, 15) is 4.79 Å². The highest BCUT2D eigenvalue weighted by molar-refractivity contribution is 5.83. The van der Waals surface area contributed by atoms with E-state index in [1.54, 1.807) is 0 Å². The summed E-state index contributed by atoms with van der Waals surface area (Å²) in [6, 6.07) is 5.42. The van der Waals surface area contributed by atoms with Gasteiger partial charge in [-0.15, -0.1) is 5.10 Å². The molecule has 1 N–H and O–H groups in total. The zero-order chi connectivity index (χ0) is 23.2. The number of benzene rings is 1. The number of piperidine rings is 1. The van der Waals surface area contributed by atoms with Crippen LogP contribution in [0.25, 0.3) is 10.9 Å². The average molecular weight is 453 g/mol. The number of aromatic nitrogens is 5. The molecule has 0 saturated carbocycles. The van der Waals surface area contributed by atoms with E-state index in [2.05, 4.69) is 53.1 Å². The van der Waals surface area contributed by atoms with Crippen LogP contribution in [-0.2, 0) is 5.54 Å². The molecule has 5 rings (SSSR count). The van der Waals surface area contributed by atoms with Crippen molar-refractivity contribution in [2.75, 3.05) is 26.3 Å². The number of pyridine rings is 1. The Bertz CT molecular complexity index is 1220. The fourth-order valence-electron chi connectivity index (χ4n) is 4.87. The molecule has 2 aliphatic rings. The lowest BCUT2D eigenvalue weighted by Crippen LogP contribution is -2.42. The Balaban J connectivity index is 1.68. The summed E-state index contributed by atoms with van der Waals surface area (Å²) in [6.07, 6.45) is 3.14. The van der Waals surface area contributed by atoms with Gasteiger partial charge in [0.1, 0.15) is 19.3 Å². The van der Waals surface area contributed by atoms with E-state index in [1.165, 1.54) is 6.42 Å². The Morgan fingerprint density at radius 2 is 1.97 bits per heavy atom. The Kier molecular flexibility index (Phi) is 5.60. The van der Waals surface area contributed by atoms with Crippen LogP contribution in [0.5, 0.6) is 11.5 Å². The van der Waals surface area contributed by atoms with E-state index >= 15 is 0 Å². The predicted molar refractivity (Wildman–Crippen MR) is 125 cm³/mol. The third-order valence-electron chi connectivity index (χ3n) is 7.06. The molecule has 0 aliphatic carbocycles. The minimum atomic E-state index is -0.338. The van der Waals surface area contributed by atoms with Crippen molar-refractivity contribution in [3.05, 3.63) is 39.9 Å². The number of H-pyrrole nitrogens is 1. The minimum absolute atomic E-state index is 0.133. The SMILES string of the molecule is CCC(C)(C)n1nnnc1[C@H](c1cc2cc3c(cc2[nH]c1=O)OCCO3)N1CCC[C@@H](C)C1. The molecular weight excluding hydrogens is 420 g/mol. The number of fused-ring (bicyclic) bond motifs is 2. The third-order valence-corrected chi connectivity index (χ3v) is 7.06. The summed E-state index contributed by atoms with van der Waals surface area (Å²) in [5.41, 5.74) is 0.974. The lowest BCUT2D eigenvalue weighted by atomic mass is 9.94. The molecule has 1 saturated heterocycles. The number of hydrogen-bond acceptors (Lipinski definition) is 7. The third kappa shape index (κ3) is 3.99. The first-order valence-corrected chi connectivity index (χ1v) is 11.9. The highest BCUT2D eigenvalue weighted by Crippen LogP contribution is 2.36. The number of nitrogens with one attached hydrogen (secondary N) is 1. The number of tetrazole rings is 1. The van der Waals surface area contributed by atoms with Crippen molar-refractivity contribution in [2.45, 2.75) is 58.5 Å². The topological polar surface area (TPSA) is 98.2 Å². The van der Waals surface area contributed by atoms with Crippen LogP contribution in [-0.4, -0.2) is 56.4 Å². The first kappa shape index (κ1) is 21.9. The number of hydrogen-bond donors (Lipinski definition) is 1. The van der Waals surface area contributed by atoms with Crippen LogP contribution in [0.4, 0.5) is 0 Å². The molecule has 2 aliphatic heterocycles. The Morgan fingerprint density at radius 1 is 1.21 bits per heavy atom. The summed E-state index contributed by atoms with van der Waals surface area (Å²) >= 11 is 0. The normalized spacial score (nSPS) is 20.2. The van der Waals surface area contributed by atoms with E-state index in [4.69, 9.17) is 9.47 Å². The van der Waals surface area contributed by atoms with Crippen molar-refractivity contribution < 1.29 is 9.47 Å². The molecule has 0 radical (unpaired) electrons. The van der Waals surface area contributed by atoms with E-state index in [1.807, 2.05) is 22.9 Å². The van der Waals surface area contributed by atoms with Gasteiger partial charge in [-0.05, 0) is 68.1 Å². The van der Waals surface area contributed by atoms with Gasteiger partial charge in [-0.1, -0.05) is 13.8 Å². The van der Waals surface area contributed by atoms with Gasteiger partial charge in [-0.25, -0.2) is 4.68 Å². The quantitative estimate of drug-likeness (QED) is 0.634. The molecule has 176 valence electrons. The highest BCUT2D eigenvalue weighted by Gasteiger charge is 2.35. The maximum atomic E-state index is 13.5. The minimum Gasteiger partial charge on any atom is -0.486 e. The zero-order valence-corrected chi connectivity index (χ0v) is 19.8. The lowest BCUT2D eigenvalue weighted by Gasteiger charge is -2.37. The molecule has 9 nitrogen and oxygen atoms in total. The van der Waals surface area contributed by atoms with Crippen LogP contribution in [0.3, 0.4) is 0 Å². The molecule has 2 atom stereocenters. The van der Waals surface area contributed by atoms with Crippen LogP contribution < -0.4 is 15.0 Å². The Labute approximate surface area is 193 Å². The maximum Gasteiger partial charge on any atom is 0.253 e. The number of rotatable bonds is 5. The molecule has 0 bridgehead atoms. The van der Waals surface area contributed by atoms with Gasteiger partial charge in [-0.2, -0.15) is 0 Å². The van der Waals surface area contributed by atoms with Crippen molar-refractivity contribution in [1.29, 1.82) is 0 Å². The van der Waals surface area contributed by atoms with Gasteiger partial charge >= 0.3 is 0 Å². The van der Waals surface area contributed by atoms with Gasteiger partial charge in [0.05, 0.1) is 11.1 Å². The van der Waals surface area contributed by atoms with E-state index in [-0.39, 0.29) is 17.1 Å². The van der Waals surface area contributed by atoms with Crippen molar-refractivity contribution in [3.8, 4) is 11.5 Å². The summed E-state index contributed by atoms with van der Waals surface area (Å²) in [4.78, 5) is 18.9. The fraction of sp³-hybridized carbons (Fsp3) is 0.583. The van der Waals surface area contributed by atoms with Crippen LogP contribution in [0, 0.1) is 5.92 Å². The van der Waals surface area contributed by atoms with Crippen LogP contribution in [0.2, 0.25) is 0 Å². The molecule has 9 heteroatoms. The molecular formula is C24H32N6O3. The van der Waals surface area contributed by atoms with Crippen molar-refractivity contribution >= 4 is 10.9 Å². The molecule has 0 amide bonds. The fourth-order valence-corrected chi connectivity index (χ4v) is 4.87. The predicted octanol–water partition coefficient (Wildman–Crippen LogP) is 3.25. The standard InChI is InChI=1S/C24H32N6O3/c1-5-24(3,4)30-22(26-27-28-30)21(29-8-6-7-15(2)14-29)17-11-16-12-19-20(33-10-9-32-19)13-18(16)25-23(17)31/h11-13,15,21H,5-10,14H2,1-4H3,(H,25,31)/t15-,21+/m1/s1. The number of ether oxygens (including phenoxy) is 2.